The van der Waals surface area contributed by atoms with Gasteiger partial charge in [0, 0.05) is 12.6 Å². The van der Waals surface area contributed by atoms with E-state index < -0.39 is 10.0 Å². The molecule has 2 rings (SSSR count). The molecule has 0 spiro atoms. The van der Waals surface area contributed by atoms with Crippen molar-refractivity contribution >= 4 is 32.4 Å². The summed E-state index contributed by atoms with van der Waals surface area (Å²) in [5.74, 6) is -0.159. The van der Waals surface area contributed by atoms with E-state index >= 15 is 0 Å². The van der Waals surface area contributed by atoms with Gasteiger partial charge in [-0.1, -0.05) is 23.5 Å². The topological polar surface area (TPSA) is 114 Å². The number of aryl methyl sites for hydroxylation is 1. The maximum Gasteiger partial charge on any atom is 0.263 e. The van der Waals surface area contributed by atoms with Gasteiger partial charge in [0.25, 0.3) is 5.91 Å². The molecule has 0 fully saturated rings. The summed E-state index contributed by atoms with van der Waals surface area (Å²) in [4.78, 5) is 17.3. The lowest BCUT2D eigenvalue weighted by molar-refractivity contribution is 0.0957. The van der Waals surface area contributed by atoms with Gasteiger partial charge in [0.2, 0.25) is 10.0 Å². The third-order valence-electron chi connectivity index (χ3n) is 3.37. The first-order valence-corrected chi connectivity index (χ1v) is 10.2. The van der Waals surface area contributed by atoms with E-state index in [1.165, 1.54) is 23.5 Å². The molecule has 0 bridgehead atoms. The minimum absolute atomic E-state index is 0.0748. The summed E-state index contributed by atoms with van der Waals surface area (Å²) < 4.78 is 22.4. The number of nitrogens with zero attached hydrogens (tertiary/aromatic N) is 1. The van der Waals surface area contributed by atoms with E-state index in [9.17, 15) is 13.2 Å². The second-order valence-corrected chi connectivity index (χ2v) is 8.49. The van der Waals surface area contributed by atoms with Gasteiger partial charge in [-0.05, 0) is 44.9 Å². The minimum atomic E-state index is -3.68. The molecule has 1 aromatic heterocycles. The van der Waals surface area contributed by atoms with Crippen LogP contribution in [-0.2, 0) is 16.4 Å². The number of amides is 1. The highest BCUT2D eigenvalue weighted by molar-refractivity contribution is 7.89. The third-order valence-corrected chi connectivity index (χ3v) is 5.38. The molecule has 0 unspecified atom stereocenters. The molecular formula is C16H22N4O3S2. The molecule has 0 aliphatic rings. The molecule has 25 heavy (non-hydrogen) atoms. The van der Waals surface area contributed by atoms with Crippen LogP contribution in [0, 0.1) is 6.92 Å². The molecule has 1 aromatic carbocycles. The van der Waals surface area contributed by atoms with E-state index in [0.717, 1.165) is 10.7 Å². The molecule has 0 aliphatic heterocycles. The highest BCUT2D eigenvalue weighted by Gasteiger charge is 2.15. The van der Waals surface area contributed by atoms with E-state index in [1.54, 1.807) is 12.1 Å². The van der Waals surface area contributed by atoms with Crippen molar-refractivity contribution in [3.05, 3.63) is 40.4 Å². The molecule has 1 heterocycles. The molecule has 4 N–H and O–H groups in total. The number of aromatic nitrogens is 1. The first-order chi connectivity index (χ1) is 11.7. The lowest BCUT2D eigenvalue weighted by atomic mass is 10.1. The number of primary sulfonamides is 1. The summed E-state index contributed by atoms with van der Waals surface area (Å²) >= 11 is 1.33. The van der Waals surface area contributed by atoms with E-state index in [4.69, 9.17) is 5.14 Å². The van der Waals surface area contributed by atoms with Crippen LogP contribution in [0.15, 0.2) is 29.2 Å². The zero-order chi connectivity index (χ0) is 18.6. The second-order valence-electron chi connectivity index (χ2n) is 5.93. The SMILES string of the molecule is Cc1nc(NC(C)C)sc1C(=O)NCCc1ccc(S(N)(=O)=O)cc1. The smallest absolute Gasteiger partial charge is 0.263 e. The van der Waals surface area contributed by atoms with Crippen molar-refractivity contribution in [2.45, 2.75) is 38.1 Å². The lowest BCUT2D eigenvalue weighted by Crippen LogP contribution is -2.25. The third kappa shape index (κ3) is 5.52. The van der Waals surface area contributed by atoms with Gasteiger partial charge in [0.15, 0.2) is 5.13 Å². The van der Waals surface area contributed by atoms with Gasteiger partial charge in [-0.25, -0.2) is 18.5 Å². The number of hydrogen-bond acceptors (Lipinski definition) is 6. The first kappa shape index (κ1) is 19.4. The number of carbonyl (C=O) groups excluding carboxylic acids is 1. The van der Waals surface area contributed by atoms with Crippen LogP contribution >= 0.6 is 11.3 Å². The van der Waals surface area contributed by atoms with Crippen LogP contribution in [-0.4, -0.2) is 31.9 Å². The highest BCUT2D eigenvalue weighted by atomic mass is 32.2. The van der Waals surface area contributed by atoms with E-state index in [2.05, 4.69) is 15.6 Å². The lowest BCUT2D eigenvalue weighted by Gasteiger charge is -2.05. The standard InChI is InChI=1S/C16H22N4O3S2/c1-10(2)19-16-20-11(3)14(24-16)15(21)18-9-8-12-4-6-13(7-5-12)25(17,22)23/h4-7,10H,8-9H2,1-3H3,(H,18,21)(H,19,20)(H2,17,22,23). The van der Waals surface area contributed by atoms with Crippen LogP contribution in [0.25, 0.3) is 0 Å². The summed E-state index contributed by atoms with van der Waals surface area (Å²) in [6, 6.07) is 6.55. The van der Waals surface area contributed by atoms with E-state index in [1.807, 2.05) is 20.8 Å². The van der Waals surface area contributed by atoms with Crippen molar-refractivity contribution in [2.24, 2.45) is 5.14 Å². The molecule has 1 amide bonds. The molecule has 0 atom stereocenters. The Labute approximate surface area is 151 Å². The summed E-state index contributed by atoms with van der Waals surface area (Å²) in [5.41, 5.74) is 1.61. The van der Waals surface area contributed by atoms with Gasteiger partial charge in [0.05, 0.1) is 10.6 Å². The summed E-state index contributed by atoms with van der Waals surface area (Å²) in [6.45, 7) is 6.27. The van der Waals surface area contributed by atoms with Crippen LogP contribution in [0.4, 0.5) is 5.13 Å². The second kappa shape index (κ2) is 7.94. The minimum Gasteiger partial charge on any atom is -0.359 e. The Morgan fingerprint density at radius 2 is 1.92 bits per heavy atom. The number of nitrogens with two attached hydrogens (primary N) is 1. The Balaban J connectivity index is 1.91. The maximum absolute atomic E-state index is 12.3. The molecule has 0 radical (unpaired) electrons. The van der Waals surface area contributed by atoms with Crippen LogP contribution in [0.2, 0.25) is 0 Å². The number of thiazole rings is 1. The molecular weight excluding hydrogens is 360 g/mol. The van der Waals surface area contributed by atoms with Gasteiger partial charge in [-0.2, -0.15) is 0 Å². The number of carbonyl (C=O) groups is 1. The van der Waals surface area contributed by atoms with Crippen LogP contribution in [0.3, 0.4) is 0 Å². The predicted molar refractivity (Wildman–Crippen MR) is 99.5 cm³/mol. The molecule has 9 heteroatoms. The number of sulfonamides is 1. The molecule has 136 valence electrons. The Morgan fingerprint density at radius 1 is 1.28 bits per heavy atom. The van der Waals surface area contributed by atoms with Crippen molar-refractivity contribution in [1.82, 2.24) is 10.3 Å². The quantitative estimate of drug-likeness (QED) is 0.676. The zero-order valence-electron chi connectivity index (χ0n) is 14.4. The monoisotopic (exact) mass is 382 g/mol. The van der Waals surface area contributed by atoms with Gasteiger partial charge >= 0.3 is 0 Å². The summed E-state index contributed by atoms with van der Waals surface area (Å²) in [7, 11) is -3.68. The number of benzene rings is 1. The molecule has 2 aromatic rings. The number of nitrogens with one attached hydrogen (secondary N) is 2. The molecule has 0 saturated heterocycles. The van der Waals surface area contributed by atoms with Crippen molar-refractivity contribution in [3.8, 4) is 0 Å². The Morgan fingerprint density at radius 3 is 2.48 bits per heavy atom. The van der Waals surface area contributed by atoms with Gasteiger partial charge in [0.1, 0.15) is 4.88 Å². The van der Waals surface area contributed by atoms with Crippen molar-refractivity contribution in [3.63, 3.8) is 0 Å². The number of hydrogen-bond donors (Lipinski definition) is 3. The average Bonchev–Trinajstić information content (AvgIpc) is 2.86. The van der Waals surface area contributed by atoms with Gasteiger partial charge in [-0.3, -0.25) is 4.79 Å². The van der Waals surface area contributed by atoms with Gasteiger partial charge < -0.3 is 10.6 Å². The molecule has 7 nitrogen and oxygen atoms in total. The Kier molecular flexibility index (Phi) is 6.15. The normalized spacial score (nSPS) is 11.6. The predicted octanol–water partition coefficient (Wildman–Crippen LogP) is 1.89. The van der Waals surface area contributed by atoms with Crippen molar-refractivity contribution < 1.29 is 13.2 Å². The highest BCUT2D eigenvalue weighted by Crippen LogP contribution is 2.23. The number of anilines is 1. The maximum atomic E-state index is 12.3. The van der Waals surface area contributed by atoms with Crippen LogP contribution < -0.4 is 15.8 Å². The van der Waals surface area contributed by atoms with E-state index in [-0.39, 0.29) is 16.8 Å². The summed E-state index contributed by atoms with van der Waals surface area (Å²) in [6.07, 6.45) is 0.589. The van der Waals surface area contributed by atoms with E-state index in [0.29, 0.717) is 23.5 Å². The fourth-order valence-electron chi connectivity index (χ4n) is 2.16. The fraction of sp³-hybridized carbons (Fsp3) is 0.375. The molecule has 0 aliphatic carbocycles. The van der Waals surface area contributed by atoms with Crippen molar-refractivity contribution in [1.29, 1.82) is 0 Å². The summed E-state index contributed by atoms with van der Waals surface area (Å²) in [5, 5.41) is 11.8. The molecule has 0 saturated carbocycles. The van der Waals surface area contributed by atoms with Crippen molar-refractivity contribution in [2.75, 3.05) is 11.9 Å². The largest absolute Gasteiger partial charge is 0.359 e. The van der Waals surface area contributed by atoms with Crippen LogP contribution in [0.5, 0.6) is 0 Å². The average molecular weight is 383 g/mol. The first-order valence-electron chi connectivity index (χ1n) is 7.80. The van der Waals surface area contributed by atoms with Crippen LogP contribution in [0.1, 0.15) is 34.8 Å². The zero-order valence-corrected chi connectivity index (χ0v) is 16.0. The number of rotatable bonds is 7. The fourth-order valence-corrected chi connectivity index (χ4v) is 3.71. The Hall–Kier alpha value is -1.97. The van der Waals surface area contributed by atoms with Gasteiger partial charge in [-0.15, -0.1) is 0 Å². The Bertz CT molecular complexity index is 843.